The first-order valence-corrected chi connectivity index (χ1v) is 9.08. The van der Waals surface area contributed by atoms with Gasteiger partial charge >= 0.3 is 0 Å². The highest BCUT2D eigenvalue weighted by atomic mass is 79.9. The summed E-state index contributed by atoms with van der Waals surface area (Å²) in [4.78, 5) is 0.206. The van der Waals surface area contributed by atoms with Gasteiger partial charge in [-0.15, -0.1) is 0 Å². The van der Waals surface area contributed by atoms with Gasteiger partial charge in [-0.3, -0.25) is 0 Å². The van der Waals surface area contributed by atoms with Crippen LogP contribution in [0.3, 0.4) is 0 Å². The van der Waals surface area contributed by atoms with Crippen molar-refractivity contribution < 1.29 is 18.3 Å². The van der Waals surface area contributed by atoms with Crippen LogP contribution in [0.4, 0.5) is 0 Å². The molecular weight excluding hydrogens is 358 g/mol. The Morgan fingerprint density at radius 2 is 2.00 bits per heavy atom. The molecule has 2 N–H and O–H groups in total. The molecule has 7 heteroatoms. The number of methoxy groups -OCH3 is 1. The number of benzene rings is 1. The SMILES string of the molecule is COCCCCCNS(=O)(=O)c1cc(CO)cc(Br)c1C. The standard InChI is InChI=1S/C14H22BrNO4S/c1-11-13(15)8-12(10-17)9-14(11)21(18,19)16-6-4-3-5-7-20-2/h8-9,16-17H,3-7,10H2,1-2H3. The summed E-state index contributed by atoms with van der Waals surface area (Å²) < 4.78 is 32.9. The minimum absolute atomic E-state index is 0.196. The molecule has 0 fully saturated rings. The van der Waals surface area contributed by atoms with E-state index in [1.807, 2.05) is 0 Å². The van der Waals surface area contributed by atoms with Crippen molar-refractivity contribution in [3.63, 3.8) is 0 Å². The van der Waals surface area contributed by atoms with Crippen LogP contribution in [-0.4, -0.2) is 33.8 Å². The van der Waals surface area contributed by atoms with Crippen LogP contribution in [0.15, 0.2) is 21.5 Å². The Bertz CT molecular complexity index is 560. The number of hydrogen-bond acceptors (Lipinski definition) is 4. The first-order valence-electron chi connectivity index (χ1n) is 6.81. The number of aliphatic hydroxyl groups excluding tert-OH is 1. The Balaban J connectivity index is 2.72. The molecular formula is C14H22BrNO4S. The second-order valence-corrected chi connectivity index (χ2v) is 7.40. The predicted octanol–water partition coefficient (Wildman–Crippen LogP) is 2.34. The highest BCUT2D eigenvalue weighted by Gasteiger charge is 2.18. The lowest BCUT2D eigenvalue weighted by atomic mass is 10.2. The summed E-state index contributed by atoms with van der Waals surface area (Å²) in [6.45, 7) is 2.63. The average molecular weight is 380 g/mol. The van der Waals surface area contributed by atoms with Gasteiger partial charge in [0.1, 0.15) is 0 Å². The molecule has 0 aliphatic rings. The molecule has 0 radical (unpaired) electrons. The highest BCUT2D eigenvalue weighted by molar-refractivity contribution is 9.10. The molecule has 1 rings (SSSR count). The third-order valence-electron chi connectivity index (χ3n) is 3.15. The number of sulfonamides is 1. The number of ether oxygens (including phenoxy) is 1. The van der Waals surface area contributed by atoms with Gasteiger partial charge in [-0.1, -0.05) is 15.9 Å². The van der Waals surface area contributed by atoms with Crippen molar-refractivity contribution in [1.82, 2.24) is 4.72 Å². The molecule has 5 nitrogen and oxygen atoms in total. The molecule has 0 amide bonds. The van der Waals surface area contributed by atoms with Crippen molar-refractivity contribution in [2.24, 2.45) is 0 Å². The molecule has 0 aliphatic heterocycles. The van der Waals surface area contributed by atoms with Crippen LogP contribution in [0.2, 0.25) is 0 Å². The molecule has 1 aromatic carbocycles. The zero-order chi connectivity index (χ0) is 15.9. The van der Waals surface area contributed by atoms with E-state index in [1.165, 1.54) is 6.07 Å². The van der Waals surface area contributed by atoms with E-state index in [-0.39, 0.29) is 11.5 Å². The van der Waals surface area contributed by atoms with E-state index in [4.69, 9.17) is 4.74 Å². The molecule has 0 aliphatic carbocycles. The van der Waals surface area contributed by atoms with Crippen molar-refractivity contribution in [3.05, 3.63) is 27.7 Å². The Hall–Kier alpha value is -0.470. The molecule has 1 aromatic rings. The molecule has 0 saturated heterocycles. The number of hydrogen-bond donors (Lipinski definition) is 2. The summed E-state index contributed by atoms with van der Waals surface area (Å²) in [6, 6.07) is 3.23. The normalized spacial score (nSPS) is 11.8. The summed E-state index contributed by atoms with van der Waals surface area (Å²) in [5, 5.41) is 9.19. The van der Waals surface area contributed by atoms with Gasteiger partial charge in [-0.25, -0.2) is 13.1 Å². The van der Waals surface area contributed by atoms with E-state index >= 15 is 0 Å². The highest BCUT2D eigenvalue weighted by Crippen LogP contribution is 2.25. The molecule has 0 aromatic heterocycles. The smallest absolute Gasteiger partial charge is 0.240 e. The Morgan fingerprint density at radius 3 is 2.62 bits per heavy atom. The maximum Gasteiger partial charge on any atom is 0.240 e. The van der Waals surface area contributed by atoms with E-state index < -0.39 is 10.0 Å². The van der Waals surface area contributed by atoms with Crippen LogP contribution in [0.1, 0.15) is 30.4 Å². The van der Waals surface area contributed by atoms with Crippen LogP contribution < -0.4 is 4.72 Å². The van der Waals surface area contributed by atoms with Gasteiger partial charge in [0.2, 0.25) is 10.0 Å². The van der Waals surface area contributed by atoms with Crippen molar-refractivity contribution in [1.29, 1.82) is 0 Å². The average Bonchev–Trinajstić information content (AvgIpc) is 2.45. The van der Waals surface area contributed by atoms with E-state index in [2.05, 4.69) is 20.7 Å². The van der Waals surface area contributed by atoms with Crippen LogP contribution in [0.25, 0.3) is 0 Å². The fraction of sp³-hybridized carbons (Fsp3) is 0.571. The maximum atomic E-state index is 12.3. The van der Waals surface area contributed by atoms with Gasteiger partial charge < -0.3 is 9.84 Å². The third-order valence-corrected chi connectivity index (χ3v) is 5.56. The summed E-state index contributed by atoms with van der Waals surface area (Å²) >= 11 is 3.32. The number of aliphatic hydroxyl groups is 1. The lowest BCUT2D eigenvalue weighted by Gasteiger charge is -2.12. The van der Waals surface area contributed by atoms with Crippen LogP contribution in [0.5, 0.6) is 0 Å². The zero-order valence-electron chi connectivity index (χ0n) is 12.4. The third kappa shape index (κ3) is 5.67. The minimum Gasteiger partial charge on any atom is -0.392 e. The van der Waals surface area contributed by atoms with Gasteiger partial charge in [0, 0.05) is 24.7 Å². The molecule has 0 bridgehead atoms. The predicted molar refractivity (Wildman–Crippen MR) is 85.7 cm³/mol. The van der Waals surface area contributed by atoms with Crippen molar-refractivity contribution in [2.45, 2.75) is 37.7 Å². The Morgan fingerprint density at radius 1 is 1.29 bits per heavy atom. The lowest BCUT2D eigenvalue weighted by Crippen LogP contribution is -2.25. The van der Waals surface area contributed by atoms with Gasteiger partial charge in [0.25, 0.3) is 0 Å². The number of unbranched alkanes of at least 4 members (excludes halogenated alkanes) is 2. The van der Waals surface area contributed by atoms with Gasteiger partial charge in [-0.2, -0.15) is 0 Å². The molecule has 21 heavy (non-hydrogen) atoms. The summed E-state index contributed by atoms with van der Waals surface area (Å²) in [5.41, 5.74) is 1.20. The molecule has 0 unspecified atom stereocenters. The van der Waals surface area contributed by atoms with Crippen molar-refractivity contribution >= 4 is 26.0 Å². The topological polar surface area (TPSA) is 75.6 Å². The van der Waals surface area contributed by atoms with E-state index in [0.717, 1.165) is 19.3 Å². The zero-order valence-corrected chi connectivity index (χ0v) is 14.8. The van der Waals surface area contributed by atoms with E-state index in [1.54, 1.807) is 20.1 Å². The molecule has 0 saturated carbocycles. The summed E-state index contributed by atoms with van der Waals surface area (Å²) in [7, 11) is -1.91. The van der Waals surface area contributed by atoms with Gasteiger partial charge in [0.15, 0.2) is 0 Å². The van der Waals surface area contributed by atoms with Crippen molar-refractivity contribution in [3.8, 4) is 0 Å². The van der Waals surface area contributed by atoms with Gasteiger partial charge in [-0.05, 0) is 49.4 Å². The fourth-order valence-corrected chi connectivity index (χ4v) is 3.94. The maximum absolute atomic E-state index is 12.3. The Kier molecular flexibility index (Phi) is 7.83. The first-order chi connectivity index (χ1) is 9.92. The Labute approximate surface area is 134 Å². The van der Waals surface area contributed by atoms with Gasteiger partial charge in [0.05, 0.1) is 11.5 Å². The van der Waals surface area contributed by atoms with E-state index in [0.29, 0.717) is 28.8 Å². The number of nitrogens with one attached hydrogen (secondary N) is 1. The minimum atomic E-state index is -3.56. The summed E-state index contributed by atoms with van der Waals surface area (Å²) in [6.07, 6.45) is 2.60. The number of halogens is 1. The van der Waals surface area contributed by atoms with Crippen LogP contribution >= 0.6 is 15.9 Å². The monoisotopic (exact) mass is 379 g/mol. The van der Waals surface area contributed by atoms with Crippen LogP contribution in [-0.2, 0) is 21.4 Å². The quantitative estimate of drug-likeness (QED) is 0.645. The molecule has 0 atom stereocenters. The lowest BCUT2D eigenvalue weighted by molar-refractivity contribution is 0.192. The van der Waals surface area contributed by atoms with Crippen molar-refractivity contribution in [2.75, 3.05) is 20.3 Å². The fourth-order valence-electron chi connectivity index (χ4n) is 1.91. The molecule has 0 heterocycles. The molecule has 0 spiro atoms. The number of rotatable bonds is 9. The molecule has 120 valence electrons. The second kappa shape index (κ2) is 8.85. The van der Waals surface area contributed by atoms with E-state index in [9.17, 15) is 13.5 Å². The van der Waals surface area contributed by atoms with Crippen LogP contribution in [0, 0.1) is 6.92 Å². The first kappa shape index (κ1) is 18.6. The largest absolute Gasteiger partial charge is 0.392 e. The summed E-state index contributed by atoms with van der Waals surface area (Å²) in [5.74, 6) is 0. The second-order valence-electron chi connectivity index (χ2n) is 4.81.